The first kappa shape index (κ1) is 14.6. The van der Waals surface area contributed by atoms with Crippen molar-refractivity contribution in [1.82, 2.24) is 0 Å². The first-order valence-electron chi connectivity index (χ1n) is 5.35. The zero-order chi connectivity index (χ0) is 13.4. The second kappa shape index (κ2) is 7.75. The average Bonchev–Trinajstić information content (AvgIpc) is 2.33. The van der Waals surface area contributed by atoms with Crippen molar-refractivity contribution >= 4 is 23.4 Å². The molecule has 0 saturated heterocycles. The molecule has 0 heterocycles. The van der Waals surface area contributed by atoms with Crippen LogP contribution in [0.4, 0.5) is 10.1 Å². The van der Waals surface area contributed by atoms with Gasteiger partial charge in [0.1, 0.15) is 5.82 Å². The minimum Gasteiger partial charge on any atom is -0.395 e. The molecule has 0 unspecified atom stereocenters. The van der Waals surface area contributed by atoms with E-state index in [0.717, 1.165) is 0 Å². The summed E-state index contributed by atoms with van der Waals surface area (Å²) in [4.78, 5) is 11.3. The summed E-state index contributed by atoms with van der Waals surface area (Å²) in [5.74, 6) is 4.97. The molecule has 5 heteroatoms. The summed E-state index contributed by atoms with van der Waals surface area (Å²) >= 11 is 1.37. The number of aliphatic hydroxyl groups is 1. The van der Waals surface area contributed by atoms with Crippen LogP contribution in [0.1, 0.15) is 12.0 Å². The van der Waals surface area contributed by atoms with E-state index in [1.165, 1.54) is 23.9 Å². The number of carbonyl (C=O) groups is 1. The van der Waals surface area contributed by atoms with E-state index >= 15 is 0 Å². The zero-order valence-corrected chi connectivity index (χ0v) is 10.8. The number of halogens is 1. The van der Waals surface area contributed by atoms with E-state index in [-0.39, 0.29) is 24.0 Å². The first-order chi connectivity index (χ1) is 8.67. The molecule has 18 heavy (non-hydrogen) atoms. The van der Waals surface area contributed by atoms with Crippen LogP contribution in [0.5, 0.6) is 0 Å². The minimum atomic E-state index is -0.514. The van der Waals surface area contributed by atoms with Gasteiger partial charge in [0.15, 0.2) is 0 Å². The number of rotatable bonds is 4. The van der Waals surface area contributed by atoms with Gasteiger partial charge in [-0.25, -0.2) is 4.39 Å². The molecule has 1 rings (SSSR count). The molecule has 1 aromatic carbocycles. The molecule has 0 radical (unpaired) electrons. The van der Waals surface area contributed by atoms with E-state index in [1.54, 1.807) is 12.3 Å². The standard InChI is InChI=1S/C13H14FNO2S/c1-18-9-13(17)15-12-6-5-10(8-11(12)14)4-2-3-7-16/h5-6,8,16H,3,7,9H2,1H3,(H,15,17). The summed E-state index contributed by atoms with van der Waals surface area (Å²) < 4.78 is 13.6. The van der Waals surface area contributed by atoms with Crippen LogP contribution in [0, 0.1) is 17.7 Å². The molecule has 0 saturated carbocycles. The average molecular weight is 267 g/mol. The van der Waals surface area contributed by atoms with Crippen molar-refractivity contribution in [1.29, 1.82) is 0 Å². The Balaban J connectivity index is 2.74. The lowest BCUT2D eigenvalue weighted by Crippen LogP contribution is -2.14. The highest BCUT2D eigenvalue weighted by Gasteiger charge is 2.06. The highest BCUT2D eigenvalue weighted by Crippen LogP contribution is 2.15. The molecule has 0 spiro atoms. The van der Waals surface area contributed by atoms with E-state index in [0.29, 0.717) is 12.0 Å². The van der Waals surface area contributed by atoms with Gasteiger partial charge in [-0.2, -0.15) is 11.8 Å². The Hall–Kier alpha value is -1.51. The fraction of sp³-hybridized carbons (Fsp3) is 0.308. The van der Waals surface area contributed by atoms with Gasteiger partial charge in [0.25, 0.3) is 0 Å². The quantitative estimate of drug-likeness (QED) is 0.819. The maximum Gasteiger partial charge on any atom is 0.234 e. The van der Waals surface area contributed by atoms with Gasteiger partial charge in [0, 0.05) is 12.0 Å². The largest absolute Gasteiger partial charge is 0.395 e. The van der Waals surface area contributed by atoms with E-state index < -0.39 is 5.82 Å². The lowest BCUT2D eigenvalue weighted by molar-refractivity contribution is -0.113. The molecular formula is C13H14FNO2S. The van der Waals surface area contributed by atoms with Crippen molar-refractivity contribution < 1.29 is 14.3 Å². The van der Waals surface area contributed by atoms with Crippen LogP contribution >= 0.6 is 11.8 Å². The third-order valence-corrected chi connectivity index (χ3v) is 2.54. The molecule has 0 aliphatic heterocycles. The molecular weight excluding hydrogens is 253 g/mol. The van der Waals surface area contributed by atoms with Crippen LogP contribution in [0.25, 0.3) is 0 Å². The number of carbonyl (C=O) groups excluding carboxylic acids is 1. The zero-order valence-electron chi connectivity index (χ0n) is 10.00. The number of benzene rings is 1. The Bertz CT molecular complexity index is 480. The number of hydrogen-bond donors (Lipinski definition) is 2. The summed E-state index contributed by atoms with van der Waals surface area (Å²) in [6.45, 7) is -0.0156. The summed E-state index contributed by atoms with van der Waals surface area (Å²) in [7, 11) is 0. The molecule has 0 aliphatic carbocycles. The van der Waals surface area contributed by atoms with Gasteiger partial charge in [-0.05, 0) is 24.5 Å². The van der Waals surface area contributed by atoms with E-state index in [9.17, 15) is 9.18 Å². The smallest absolute Gasteiger partial charge is 0.234 e. The van der Waals surface area contributed by atoms with Gasteiger partial charge in [0.2, 0.25) is 5.91 Å². The van der Waals surface area contributed by atoms with Crippen LogP contribution in [-0.4, -0.2) is 29.6 Å². The van der Waals surface area contributed by atoms with Crippen molar-refractivity contribution in [3.8, 4) is 11.8 Å². The number of amides is 1. The van der Waals surface area contributed by atoms with Crippen molar-refractivity contribution in [3.05, 3.63) is 29.6 Å². The van der Waals surface area contributed by atoms with Crippen molar-refractivity contribution in [2.75, 3.05) is 23.9 Å². The summed E-state index contributed by atoms with van der Waals surface area (Å²) in [5, 5.41) is 11.0. The van der Waals surface area contributed by atoms with Crippen molar-refractivity contribution in [3.63, 3.8) is 0 Å². The summed E-state index contributed by atoms with van der Waals surface area (Å²) in [5.41, 5.74) is 0.672. The summed E-state index contributed by atoms with van der Waals surface area (Å²) in [6.07, 6.45) is 2.16. The molecule has 0 aromatic heterocycles. The lowest BCUT2D eigenvalue weighted by Gasteiger charge is -2.05. The topological polar surface area (TPSA) is 49.3 Å². The third kappa shape index (κ3) is 4.78. The second-order valence-corrected chi connectivity index (χ2v) is 4.32. The van der Waals surface area contributed by atoms with Crippen LogP contribution in [0.15, 0.2) is 18.2 Å². The normalized spacial score (nSPS) is 9.50. The molecule has 0 atom stereocenters. The van der Waals surface area contributed by atoms with Gasteiger partial charge in [-0.15, -0.1) is 0 Å². The molecule has 1 aromatic rings. The predicted octanol–water partition coefficient (Wildman–Crippen LogP) is 1.86. The number of anilines is 1. The van der Waals surface area contributed by atoms with Crippen LogP contribution in [0.2, 0.25) is 0 Å². The number of nitrogens with one attached hydrogen (secondary N) is 1. The molecule has 96 valence electrons. The Kier molecular flexibility index (Phi) is 6.26. The molecule has 1 amide bonds. The van der Waals surface area contributed by atoms with Crippen molar-refractivity contribution in [2.24, 2.45) is 0 Å². The summed E-state index contributed by atoms with van der Waals surface area (Å²) in [6, 6.07) is 4.37. The van der Waals surface area contributed by atoms with Gasteiger partial charge in [0.05, 0.1) is 18.0 Å². The molecule has 0 aliphatic rings. The molecule has 2 N–H and O–H groups in total. The lowest BCUT2D eigenvalue weighted by atomic mass is 10.2. The minimum absolute atomic E-state index is 0.0156. The Morgan fingerprint density at radius 2 is 2.33 bits per heavy atom. The van der Waals surface area contributed by atoms with E-state index in [2.05, 4.69) is 17.2 Å². The van der Waals surface area contributed by atoms with Crippen molar-refractivity contribution in [2.45, 2.75) is 6.42 Å². The Morgan fingerprint density at radius 1 is 1.56 bits per heavy atom. The van der Waals surface area contributed by atoms with Gasteiger partial charge in [-0.1, -0.05) is 11.8 Å². The molecule has 0 bridgehead atoms. The van der Waals surface area contributed by atoms with Crippen LogP contribution in [0.3, 0.4) is 0 Å². The Labute approximate surface area is 110 Å². The van der Waals surface area contributed by atoms with Crippen LogP contribution < -0.4 is 5.32 Å². The second-order valence-electron chi connectivity index (χ2n) is 3.45. The number of hydrogen-bond acceptors (Lipinski definition) is 3. The van der Waals surface area contributed by atoms with Crippen LogP contribution in [-0.2, 0) is 4.79 Å². The SMILES string of the molecule is CSCC(=O)Nc1ccc(C#CCCO)cc1F. The fourth-order valence-electron chi connectivity index (χ4n) is 1.23. The predicted molar refractivity (Wildman–Crippen MR) is 72.0 cm³/mol. The number of thioether (sulfide) groups is 1. The number of aliphatic hydroxyl groups excluding tert-OH is 1. The highest BCUT2D eigenvalue weighted by molar-refractivity contribution is 7.99. The van der Waals surface area contributed by atoms with Gasteiger partial charge < -0.3 is 10.4 Å². The first-order valence-corrected chi connectivity index (χ1v) is 6.75. The Morgan fingerprint density at radius 3 is 2.94 bits per heavy atom. The fourth-order valence-corrected chi connectivity index (χ4v) is 1.57. The maximum absolute atomic E-state index is 13.6. The third-order valence-electron chi connectivity index (χ3n) is 1.99. The van der Waals surface area contributed by atoms with E-state index in [1.807, 2.05) is 0 Å². The monoisotopic (exact) mass is 267 g/mol. The van der Waals surface area contributed by atoms with Gasteiger partial charge in [-0.3, -0.25) is 4.79 Å². The molecule has 0 fully saturated rings. The maximum atomic E-state index is 13.6. The molecule has 3 nitrogen and oxygen atoms in total. The van der Waals surface area contributed by atoms with E-state index in [4.69, 9.17) is 5.11 Å². The van der Waals surface area contributed by atoms with Gasteiger partial charge >= 0.3 is 0 Å². The highest BCUT2D eigenvalue weighted by atomic mass is 32.2.